The second-order valence-electron chi connectivity index (χ2n) is 9.73. The molecule has 4 rings (SSSR count). The van der Waals surface area contributed by atoms with E-state index in [1.807, 2.05) is 4.90 Å². The number of alkyl halides is 2. The molecule has 1 saturated heterocycles. The zero-order valence-electron chi connectivity index (χ0n) is 19.6. The Morgan fingerprint density at radius 3 is 2.57 bits per heavy atom. The summed E-state index contributed by atoms with van der Waals surface area (Å²) in [6.07, 6.45) is 3.25. The fraction of sp³-hybridized carbons (Fsp3) is 0.520. The fourth-order valence-corrected chi connectivity index (χ4v) is 5.12. The van der Waals surface area contributed by atoms with Crippen molar-refractivity contribution >= 4 is 11.6 Å². The van der Waals surface area contributed by atoms with Crippen LogP contribution < -0.4 is 21.5 Å². The normalized spacial score (nSPS) is 20.5. The first-order valence-electron chi connectivity index (χ1n) is 11.9. The van der Waals surface area contributed by atoms with E-state index < -0.39 is 41.0 Å². The second-order valence-corrected chi connectivity index (χ2v) is 9.73. The van der Waals surface area contributed by atoms with E-state index in [0.29, 0.717) is 31.1 Å². The number of carbonyl (C=O) groups excluding carboxylic acids is 1. The lowest BCUT2D eigenvalue weighted by atomic mass is 9.77. The lowest BCUT2D eigenvalue weighted by Gasteiger charge is -2.39. The molecule has 0 bridgehead atoms. The van der Waals surface area contributed by atoms with E-state index in [2.05, 4.69) is 10.3 Å². The molecule has 1 aromatic heterocycles. The minimum absolute atomic E-state index is 0.180. The van der Waals surface area contributed by atoms with Crippen molar-refractivity contribution in [2.75, 3.05) is 24.5 Å². The summed E-state index contributed by atoms with van der Waals surface area (Å²) >= 11 is 0. The number of benzene rings is 1. The van der Waals surface area contributed by atoms with Crippen LogP contribution in [0.15, 0.2) is 29.2 Å². The third kappa shape index (κ3) is 5.52. The van der Waals surface area contributed by atoms with Crippen LogP contribution in [0, 0.1) is 23.5 Å². The molecule has 0 spiro atoms. The number of H-pyrrole nitrogens is 1. The minimum Gasteiger partial charge on any atom is -0.370 e. The average molecular weight is 495 g/mol. The van der Waals surface area contributed by atoms with E-state index >= 15 is 0 Å². The van der Waals surface area contributed by atoms with Gasteiger partial charge in [-0.05, 0) is 62.3 Å². The lowest BCUT2D eigenvalue weighted by molar-refractivity contribution is -0.117. The Bertz CT molecular complexity index is 1120. The number of nitrogens with zero attached hydrogens (tertiary/aromatic N) is 1. The highest BCUT2D eigenvalue weighted by Gasteiger charge is 2.47. The van der Waals surface area contributed by atoms with Gasteiger partial charge in [0, 0.05) is 49.8 Å². The molecule has 4 N–H and O–H groups in total. The zero-order valence-corrected chi connectivity index (χ0v) is 19.6. The van der Waals surface area contributed by atoms with Crippen LogP contribution in [0.5, 0.6) is 0 Å². The Kier molecular flexibility index (Phi) is 7.21. The summed E-state index contributed by atoms with van der Waals surface area (Å²) < 4.78 is 54.8. The molecule has 190 valence electrons. The Hall–Kier alpha value is -2.88. The first-order valence-corrected chi connectivity index (χ1v) is 11.9. The maximum atomic E-state index is 14.1. The van der Waals surface area contributed by atoms with Gasteiger partial charge in [-0.3, -0.25) is 9.59 Å². The van der Waals surface area contributed by atoms with Crippen molar-refractivity contribution in [1.29, 1.82) is 0 Å². The topological polar surface area (TPSA) is 91.2 Å². The second kappa shape index (κ2) is 10.0. The number of pyridine rings is 1. The molecule has 1 aliphatic heterocycles. The van der Waals surface area contributed by atoms with Gasteiger partial charge in [0.05, 0.1) is 5.69 Å². The smallest absolute Gasteiger partial charge is 0.262 e. The Morgan fingerprint density at radius 2 is 1.94 bits per heavy atom. The molecule has 2 heterocycles. The Morgan fingerprint density at radius 1 is 1.26 bits per heavy atom. The van der Waals surface area contributed by atoms with Crippen molar-refractivity contribution in [3.05, 3.63) is 51.9 Å². The third-order valence-corrected chi connectivity index (χ3v) is 7.07. The number of aromatic nitrogens is 1. The molecule has 1 aliphatic carbocycles. The number of nitrogens with two attached hydrogens (primary N) is 1. The van der Waals surface area contributed by atoms with Crippen molar-refractivity contribution in [1.82, 2.24) is 10.3 Å². The number of halogens is 4. The van der Waals surface area contributed by atoms with E-state index in [-0.39, 0.29) is 29.7 Å². The SMILES string of the molecule is CC(NC(=O)c1c(N2CCC(CCCN)C2)c(-c2cc(F)cc(F)c2)c[nH]c1=O)C1CC(F)(F)C1. The van der Waals surface area contributed by atoms with Crippen LogP contribution in [0.3, 0.4) is 0 Å². The van der Waals surface area contributed by atoms with Crippen molar-refractivity contribution in [2.45, 2.75) is 51.0 Å². The monoisotopic (exact) mass is 494 g/mol. The number of amides is 1. The maximum absolute atomic E-state index is 14.1. The highest BCUT2D eigenvalue weighted by Crippen LogP contribution is 2.44. The van der Waals surface area contributed by atoms with Gasteiger partial charge in [0.25, 0.3) is 11.5 Å². The number of carbonyl (C=O) groups is 1. The van der Waals surface area contributed by atoms with Gasteiger partial charge in [0.2, 0.25) is 5.92 Å². The van der Waals surface area contributed by atoms with E-state index in [1.54, 1.807) is 6.92 Å². The molecule has 2 atom stereocenters. The highest BCUT2D eigenvalue weighted by molar-refractivity contribution is 6.03. The Balaban J connectivity index is 1.72. The van der Waals surface area contributed by atoms with Gasteiger partial charge in [-0.15, -0.1) is 0 Å². The zero-order chi connectivity index (χ0) is 25.3. The highest BCUT2D eigenvalue weighted by atomic mass is 19.3. The van der Waals surface area contributed by atoms with Crippen molar-refractivity contribution in [2.24, 2.45) is 17.6 Å². The van der Waals surface area contributed by atoms with E-state index in [9.17, 15) is 27.2 Å². The molecule has 2 unspecified atom stereocenters. The van der Waals surface area contributed by atoms with Crippen molar-refractivity contribution in [3.8, 4) is 11.1 Å². The Labute approximate surface area is 200 Å². The number of hydrogen-bond donors (Lipinski definition) is 3. The quantitative estimate of drug-likeness (QED) is 0.483. The van der Waals surface area contributed by atoms with Crippen LogP contribution in [0.1, 0.15) is 49.4 Å². The van der Waals surface area contributed by atoms with Crippen molar-refractivity contribution in [3.63, 3.8) is 0 Å². The first kappa shape index (κ1) is 25.2. The van der Waals surface area contributed by atoms with Gasteiger partial charge >= 0.3 is 0 Å². The molecule has 1 aromatic carbocycles. The van der Waals surface area contributed by atoms with Crippen molar-refractivity contribution < 1.29 is 22.4 Å². The number of aromatic amines is 1. The van der Waals surface area contributed by atoms with E-state index in [0.717, 1.165) is 37.5 Å². The van der Waals surface area contributed by atoms with E-state index in [4.69, 9.17) is 5.73 Å². The molecule has 6 nitrogen and oxygen atoms in total. The third-order valence-electron chi connectivity index (χ3n) is 7.07. The molecule has 10 heteroatoms. The minimum atomic E-state index is -2.73. The summed E-state index contributed by atoms with van der Waals surface area (Å²) in [6.45, 7) is 3.30. The molecule has 2 fully saturated rings. The predicted octanol–water partition coefficient (Wildman–Crippen LogP) is 4.05. The van der Waals surface area contributed by atoms with Gasteiger partial charge in [-0.25, -0.2) is 17.6 Å². The van der Waals surface area contributed by atoms with Gasteiger partial charge in [-0.2, -0.15) is 0 Å². The van der Waals surface area contributed by atoms with Gasteiger partial charge in [0.1, 0.15) is 17.2 Å². The summed E-state index contributed by atoms with van der Waals surface area (Å²) in [5, 5.41) is 2.70. The summed E-state index contributed by atoms with van der Waals surface area (Å²) in [7, 11) is 0. The molecule has 35 heavy (non-hydrogen) atoms. The molecule has 1 saturated carbocycles. The standard InChI is InChI=1S/C25H30F4N4O2/c1-14(17-10-25(28,29)11-17)32-24(35)21-22(33-6-4-15(13-33)3-2-5-30)20(12-31-23(21)34)16-7-18(26)9-19(27)8-16/h7-9,12,14-15,17H,2-6,10-11,13,30H2,1H3,(H,31,34)(H,32,35). The molecule has 0 radical (unpaired) electrons. The summed E-state index contributed by atoms with van der Waals surface area (Å²) in [4.78, 5) is 30.6. The summed E-state index contributed by atoms with van der Waals surface area (Å²) in [6, 6.07) is 2.46. The number of anilines is 1. The van der Waals surface area contributed by atoms with E-state index in [1.165, 1.54) is 6.20 Å². The molecule has 2 aromatic rings. The van der Waals surface area contributed by atoms with Crippen LogP contribution in [0.2, 0.25) is 0 Å². The van der Waals surface area contributed by atoms with Crippen LogP contribution in [0.4, 0.5) is 23.2 Å². The largest absolute Gasteiger partial charge is 0.370 e. The van der Waals surface area contributed by atoms with Gasteiger partial charge in [0.15, 0.2) is 0 Å². The molecule has 1 amide bonds. The van der Waals surface area contributed by atoms with Gasteiger partial charge in [-0.1, -0.05) is 0 Å². The first-order chi connectivity index (χ1) is 16.6. The predicted molar refractivity (Wildman–Crippen MR) is 126 cm³/mol. The van der Waals surface area contributed by atoms with Gasteiger partial charge < -0.3 is 20.9 Å². The molecular weight excluding hydrogens is 464 g/mol. The van der Waals surface area contributed by atoms with Crippen LogP contribution in [0.25, 0.3) is 11.1 Å². The fourth-order valence-electron chi connectivity index (χ4n) is 5.12. The summed E-state index contributed by atoms with van der Waals surface area (Å²) in [5.74, 6) is -5.11. The maximum Gasteiger partial charge on any atom is 0.262 e. The molecule has 2 aliphatic rings. The number of nitrogens with one attached hydrogen (secondary N) is 2. The lowest BCUT2D eigenvalue weighted by Crippen LogP contribution is -2.49. The number of hydrogen-bond acceptors (Lipinski definition) is 4. The van der Waals surface area contributed by atoms with Crippen LogP contribution in [-0.4, -0.2) is 42.5 Å². The summed E-state index contributed by atoms with van der Waals surface area (Å²) in [5.41, 5.74) is 5.58. The number of rotatable bonds is 8. The molecular formula is C25H30F4N4O2. The average Bonchev–Trinajstić information content (AvgIpc) is 3.23. The van der Waals surface area contributed by atoms with Crippen LogP contribution in [-0.2, 0) is 0 Å². The van der Waals surface area contributed by atoms with Crippen LogP contribution >= 0.6 is 0 Å².